The Hall–Kier alpha value is -4.04. The van der Waals surface area contributed by atoms with E-state index < -0.39 is 17.9 Å². The number of fused-ring (bicyclic) bond motifs is 1. The average Bonchev–Trinajstić information content (AvgIpc) is 2.86. The second-order valence-electron chi connectivity index (χ2n) is 7.05. The van der Waals surface area contributed by atoms with Crippen LogP contribution in [0.2, 0.25) is 5.02 Å². The highest BCUT2D eigenvalue weighted by atomic mass is 35.5. The second-order valence-corrected chi connectivity index (χ2v) is 7.49. The van der Waals surface area contributed by atoms with Crippen LogP contribution in [0, 0.1) is 0 Å². The Morgan fingerprint density at radius 3 is 2.21 bits per heavy atom. The van der Waals surface area contributed by atoms with E-state index in [1.807, 2.05) is 0 Å². The predicted molar refractivity (Wildman–Crippen MR) is 119 cm³/mol. The number of halogens is 1. The van der Waals surface area contributed by atoms with Crippen molar-refractivity contribution in [2.45, 2.75) is 6.10 Å². The predicted octanol–water partition coefficient (Wildman–Crippen LogP) is 2.94. The molecule has 33 heavy (non-hydrogen) atoms. The molecule has 9 heteroatoms. The van der Waals surface area contributed by atoms with Gasteiger partial charge in [-0.05, 0) is 60.7 Å². The number of ketones is 1. The number of para-hydroxylation sites is 2. The minimum absolute atomic E-state index is 0.0241. The zero-order chi connectivity index (χ0) is 23.2. The fraction of sp³-hybridized carbons (Fsp3) is 0.125. The summed E-state index contributed by atoms with van der Waals surface area (Å²) in [7, 11) is 0. The van der Waals surface area contributed by atoms with Crippen LogP contribution in [0.3, 0.4) is 0 Å². The van der Waals surface area contributed by atoms with E-state index in [9.17, 15) is 14.4 Å². The number of carbonyl (C=O) groups excluding carboxylic acids is 3. The first kappa shape index (κ1) is 22.2. The molecular weight excluding hydrogens is 448 g/mol. The van der Waals surface area contributed by atoms with E-state index in [-0.39, 0.29) is 19.0 Å². The van der Waals surface area contributed by atoms with Crippen LogP contribution >= 0.6 is 11.6 Å². The molecule has 1 aliphatic heterocycles. The van der Waals surface area contributed by atoms with Gasteiger partial charge in [-0.15, -0.1) is 0 Å². The summed E-state index contributed by atoms with van der Waals surface area (Å²) in [6, 6.07) is 20.0. The Morgan fingerprint density at radius 2 is 1.52 bits per heavy atom. The number of benzene rings is 3. The van der Waals surface area contributed by atoms with Gasteiger partial charge in [0.25, 0.3) is 11.8 Å². The van der Waals surface area contributed by atoms with E-state index in [0.717, 1.165) is 0 Å². The number of carbonyl (C=O) groups is 3. The van der Waals surface area contributed by atoms with Crippen LogP contribution in [-0.4, -0.2) is 36.9 Å². The van der Waals surface area contributed by atoms with E-state index in [4.69, 9.17) is 25.8 Å². The Balaban J connectivity index is 1.22. The van der Waals surface area contributed by atoms with Crippen LogP contribution in [0.5, 0.6) is 17.2 Å². The highest BCUT2D eigenvalue weighted by Gasteiger charge is 2.27. The smallest absolute Gasteiger partial charge is 0.283 e. The van der Waals surface area contributed by atoms with Gasteiger partial charge in [0.15, 0.2) is 23.9 Å². The normalized spacial score (nSPS) is 14.2. The Bertz CT molecular complexity index is 1160. The van der Waals surface area contributed by atoms with E-state index >= 15 is 0 Å². The fourth-order valence-electron chi connectivity index (χ4n) is 3.02. The van der Waals surface area contributed by atoms with E-state index in [0.29, 0.717) is 33.4 Å². The molecule has 0 fully saturated rings. The molecule has 4 rings (SSSR count). The summed E-state index contributed by atoms with van der Waals surface area (Å²) in [5.41, 5.74) is 5.54. The number of hydrogen-bond acceptors (Lipinski definition) is 6. The number of ether oxygens (including phenoxy) is 3. The molecule has 3 aromatic rings. The van der Waals surface area contributed by atoms with Crippen molar-refractivity contribution in [2.24, 2.45) is 0 Å². The zero-order valence-electron chi connectivity index (χ0n) is 17.2. The van der Waals surface area contributed by atoms with Gasteiger partial charge in [-0.25, -0.2) is 0 Å². The highest BCUT2D eigenvalue weighted by molar-refractivity contribution is 6.30. The van der Waals surface area contributed by atoms with Gasteiger partial charge in [-0.3, -0.25) is 25.2 Å². The lowest BCUT2D eigenvalue weighted by Crippen LogP contribution is -2.51. The van der Waals surface area contributed by atoms with Gasteiger partial charge < -0.3 is 14.2 Å². The summed E-state index contributed by atoms with van der Waals surface area (Å²) in [5.74, 6) is 0.126. The van der Waals surface area contributed by atoms with E-state index in [1.54, 1.807) is 72.8 Å². The number of hydrazine groups is 1. The summed E-state index contributed by atoms with van der Waals surface area (Å²) < 4.78 is 16.4. The molecule has 1 atom stereocenters. The van der Waals surface area contributed by atoms with Crippen molar-refractivity contribution < 1.29 is 28.6 Å². The summed E-state index contributed by atoms with van der Waals surface area (Å²) in [6.07, 6.45) is -0.896. The minimum Gasteiger partial charge on any atom is -0.485 e. The van der Waals surface area contributed by atoms with Crippen LogP contribution in [0.15, 0.2) is 72.8 Å². The molecule has 8 nitrogen and oxygen atoms in total. The second kappa shape index (κ2) is 10.1. The molecule has 0 spiro atoms. The molecule has 3 aromatic carbocycles. The molecule has 1 heterocycles. The molecule has 0 aliphatic carbocycles. The zero-order valence-corrected chi connectivity index (χ0v) is 18.0. The average molecular weight is 467 g/mol. The van der Waals surface area contributed by atoms with Gasteiger partial charge in [0.2, 0.25) is 6.10 Å². The van der Waals surface area contributed by atoms with Gasteiger partial charge in [0.1, 0.15) is 12.4 Å². The SMILES string of the molecule is O=C(COc1ccc(C(=O)c2ccc(Cl)cc2)cc1)NNC(=O)C1COc2ccccc2O1. The lowest BCUT2D eigenvalue weighted by atomic mass is 10.0. The summed E-state index contributed by atoms with van der Waals surface area (Å²) in [6.45, 7) is -0.314. The first-order valence-electron chi connectivity index (χ1n) is 10.00. The number of nitrogens with one attached hydrogen (secondary N) is 2. The van der Waals surface area contributed by atoms with Crippen LogP contribution < -0.4 is 25.1 Å². The summed E-state index contributed by atoms with van der Waals surface area (Å²) in [5, 5.41) is 0.551. The lowest BCUT2D eigenvalue weighted by molar-refractivity contribution is -0.135. The molecule has 0 saturated heterocycles. The summed E-state index contributed by atoms with van der Waals surface area (Å²) in [4.78, 5) is 36.7. The lowest BCUT2D eigenvalue weighted by Gasteiger charge is -2.25. The van der Waals surface area contributed by atoms with Crippen molar-refractivity contribution in [1.29, 1.82) is 0 Å². The molecular formula is C24H19ClN2O6. The maximum absolute atomic E-state index is 12.5. The van der Waals surface area contributed by atoms with Crippen molar-refractivity contribution in [3.05, 3.63) is 88.9 Å². The minimum atomic E-state index is -0.896. The van der Waals surface area contributed by atoms with Gasteiger partial charge in [-0.1, -0.05) is 23.7 Å². The summed E-state index contributed by atoms with van der Waals surface area (Å²) >= 11 is 5.85. The standard InChI is InChI=1S/C24H19ClN2O6/c25-17-9-5-15(6-10-17)23(29)16-7-11-18(12-8-16)31-14-22(28)26-27-24(30)21-13-32-19-3-1-2-4-20(19)33-21/h1-12,21H,13-14H2,(H,26,28)(H,27,30). The quantitative estimate of drug-likeness (QED) is 0.427. The molecule has 1 aliphatic rings. The van der Waals surface area contributed by atoms with Gasteiger partial charge in [0.05, 0.1) is 0 Å². The third-order valence-electron chi connectivity index (χ3n) is 4.72. The van der Waals surface area contributed by atoms with E-state index in [1.165, 1.54) is 0 Å². The molecule has 168 valence electrons. The number of hydrogen-bond donors (Lipinski definition) is 2. The molecule has 0 radical (unpaired) electrons. The topological polar surface area (TPSA) is 103 Å². The Labute approximate surface area is 194 Å². The number of amides is 2. The van der Waals surface area contributed by atoms with Crippen molar-refractivity contribution >= 4 is 29.2 Å². The fourth-order valence-corrected chi connectivity index (χ4v) is 3.14. The Kier molecular flexibility index (Phi) is 6.75. The third-order valence-corrected chi connectivity index (χ3v) is 4.97. The van der Waals surface area contributed by atoms with Crippen molar-refractivity contribution in [2.75, 3.05) is 13.2 Å². The molecule has 2 N–H and O–H groups in total. The van der Waals surface area contributed by atoms with Crippen LogP contribution in [0.25, 0.3) is 0 Å². The molecule has 0 saturated carbocycles. The van der Waals surface area contributed by atoms with Crippen molar-refractivity contribution in [1.82, 2.24) is 10.9 Å². The van der Waals surface area contributed by atoms with Gasteiger partial charge in [-0.2, -0.15) is 0 Å². The monoisotopic (exact) mass is 466 g/mol. The number of rotatable bonds is 6. The first-order valence-corrected chi connectivity index (χ1v) is 10.4. The first-order chi connectivity index (χ1) is 16.0. The largest absolute Gasteiger partial charge is 0.485 e. The van der Waals surface area contributed by atoms with Crippen LogP contribution in [-0.2, 0) is 9.59 Å². The highest BCUT2D eigenvalue weighted by Crippen LogP contribution is 2.30. The van der Waals surface area contributed by atoms with E-state index in [2.05, 4.69) is 10.9 Å². The van der Waals surface area contributed by atoms with Crippen LogP contribution in [0.4, 0.5) is 0 Å². The van der Waals surface area contributed by atoms with Crippen molar-refractivity contribution in [3.8, 4) is 17.2 Å². The van der Waals surface area contributed by atoms with Gasteiger partial charge in [0, 0.05) is 16.1 Å². The van der Waals surface area contributed by atoms with Crippen molar-refractivity contribution in [3.63, 3.8) is 0 Å². The third kappa shape index (κ3) is 5.61. The maximum Gasteiger partial charge on any atom is 0.283 e. The van der Waals surface area contributed by atoms with Gasteiger partial charge >= 0.3 is 0 Å². The molecule has 2 amide bonds. The molecule has 0 bridgehead atoms. The molecule has 1 unspecified atom stereocenters. The maximum atomic E-state index is 12.5. The van der Waals surface area contributed by atoms with Crippen LogP contribution in [0.1, 0.15) is 15.9 Å². The molecule has 0 aromatic heterocycles. The Morgan fingerprint density at radius 1 is 0.879 bits per heavy atom.